The van der Waals surface area contributed by atoms with Gasteiger partial charge in [-0.15, -0.1) is 0 Å². The summed E-state index contributed by atoms with van der Waals surface area (Å²) >= 11 is 1.42. The van der Waals surface area contributed by atoms with E-state index in [4.69, 9.17) is 4.52 Å². The number of amides is 1. The Hall–Kier alpha value is -2.09. The molecule has 0 aromatic carbocycles. The second-order valence-electron chi connectivity index (χ2n) is 5.29. The fourth-order valence-electron chi connectivity index (χ4n) is 2.39. The van der Waals surface area contributed by atoms with E-state index in [1.807, 2.05) is 13.8 Å². The van der Waals surface area contributed by atoms with Crippen molar-refractivity contribution in [2.45, 2.75) is 38.3 Å². The molecule has 3 heterocycles. The Morgan fingerprint density at radius 1 is 1.45 bits per heavy atom. The van der Waals surface area contributed by atoms with Gasteiger partial charge in [0, 0.05) is 11.6 Å². The molecule has 7 nitrogen and oxygen atoms in total. The monoisotopic (exact) mass is 319 g/mol. The molecule has 0 saturated carbocycles. The number of thioether (sulfide) groups is 1. The van der Waals surface area contributed by atoms with Crippen LogP contribution >= 0.6 is 11.8 Å². The number of anilines is 2. The molecule has 0 fully saturated rings. The lowest BCUT2D eigenvalue weighted by atomic mass is 10.1. The van der Waals surface area contributed by atoms with Crippen LogP contribution in [0.3, 0.4) is 0 Å². The summed E-state index contributed by atoms with van der Waals surface area (Å²) in [6.45, 7) is 5.89. The summed E-state index contributed by atoms with van der Waals surface area (Å²) < 4.78 is 5.19. The summed E-state index contributed by atoms with van der Waals surface area (Å²) in [4.78, 5) is 20.0. The van der Waals surface area contributed by atoms with Crippen LogP contribution in [0.25, 0.3) is 0 Å². The van der Waals surface area contributed by atoms with Gasteiger partial charge in [0.2, 0.25) is 5.91 Å². The molecule has 22 heavy (non-hydrogen) atoms. The van der Waals surface area contributed by atoms with Crippen LogP contribution < -0.4 is 10.6 Å². The van der Waals surface area contributed by atoms with Crippen LogP contribution in [0.5, 0.6) is 0 Å². The molecule has 2 aromatic heterocycles. The highest BCUT2D eigenvalue weighted by atomic mass is 32.2. The molecule has 1 aliphatic heterocycles. The lowest BCUT2D eigenvalue weighted by Gasteiger charge is -2.21. The molecule has 0 spiro atoms. The minimum absolute atomic E-state index is 0.0336. The average molecular weight is 319 g/mol. The number of aromatic nitrogens is 3. The number of fused-ring (bicyclic) bond motifs is 1. The van der Waals surface area contributed by atoms with Gasteiger partial charge in [-0.25, -0.2) is 9.97 Å². The summed E-state index contributed by atoms with van der Waals surface area (Å²) in [6, 6.07) is 0.111. The van der Waals surface area contributed by atoms with Crippen molar-refractivity contribution in [1.82, 2.24) is 15.1 Å². The van der Waals surface area contributed by atoms with Gasteiger partial charge in [0.25, 0.3) is 0 Å². The molecule has 1 aliphatic rings. The molecule has 0 bridgehead atoms. The Kier molecular flexibility index (Phi) is 4.02. The van der Waals surface area contributed by atoms with E-state index in [0.717, 1.165) is 28.5 Å². The topological polar surface area (TPSA) is 92.9 Å². The van der Waals surface area contributed by atoms with Crippen molar-refractivity contribution in [1.29, 1.82) is 0 Å². The van der Waals surface area contributed by atoms with Gasteiger partial charge >= 0.3 is 0 Å². The maximum absolute atomic E-state index is 11.6. The molecule has 2 N–H and O–H groups in total. The Bertz CT molecular complexity index is 696. The zero-order valence-electron chi connectivity index (χ0n) is 12.6. The fraction of sp³-hybridized carbons (Fsp3) is 0.429. The quantitative estimate of drug-likeness (QED) is 0.834. The summed E-state index contributed by atoms with van der Waals surface area (Å²) in [5.41, 5.74) is 2.66. The molecule has 1 atom stereocenters. The second kappa shape index (κ2) is 5.96. The predicted octanol–water partition coefficient (Wildman–Crippen LogP) is 2.17. The van der Waals surface area contributed by atoms with Gasteiger partial charge in [0.1, 0.15) is 22.8 Å². The summed E-state index contributed by atoms with van der Waals surface area (Å²) in [5.74, 6) is 1.83. The predicted molar refractivity (Wildman–Crippen MR) is 84.2 cm³/mol. The van der Waals surface area contributed by atoms with Crippen molar-refractivity contribution in [2.75, 3.05) is 16.4 Å². The highest BCUT2D eigenvalue weighted by Gasteiger charge is 2.22. The van der Waals surface area contributed by atoms with E-state index < -0.39 is 0 Å². The van der Waals surface area contributed by atoms with Crippen molar-refractivity contribution in [2.24, 2.45) is 0 Å². The highest BCUT2D eigenvalue weighted by molar-refractivity contribution is 8.00. The van der Waals surface area contributed by atoms with E-state index in [2.05, 4.69) is 32.7 Å². The molecule has 8 heteroatoms. The molecule has 0 aliphatic carbocycles. The van der Waals surface area contributed by atoms with E-state index in [1.54, 1.807) is 0 Å². The standard InChI is InChI=1S/C14H17N5O2S/c1-7(4-10-8(2)19-21-9(10)3)17-13-12-14(16-6-15-13)22-5-11(20)18-12/h6-7H,4-5H2,1-3H3,(H,18,20)(H,15,16,17). The van der Waals surface area contributed by atoms with E-state index in [1.165, 1.54) is 18.1 Å². The molecule has 0 saturated heterocycles. The Morgan fingerprint density at radius 2 is 2.27 bits per heavy atom. The lowest BCUT2D eigenvalue weighted by molar-refractivity contribution is -0.113. The molecule has 116 valence electrons. The van der Waals surface area contributed by atoms with Crippen LogP contribution in [0, 0.1) is 13.8 Å². The van der Waals surface area contributed by atoms with Crippen molar-refractivity contribution < 1.29 is 9.32 Å². The van der Waals surface area contributed by atoms with Crippen LogP contribution in [0.1, 0.15) is 23.9 Å². The van der Waals surface area contributed by atoms with Crippen molar-refractivity contribution in [3.05, 3.63) is 23.3 Å². The SMILES string of the molecule is Cc1noc(C)c1CC(C)Nc1ncnc2c1NC(=O)CS2. The van der Waals surface area contributed by atoms with Gasteiger partial charge in [-0.1, -0.05) is 16.9 Å². The third kappa shape index (κ3) is 2.92. The van der Waals surface area contributed by atoms with Gasteiger partial charge in [0.15, 0.2) is 5.82 Å². The Morgan fingerprint density at radius 3 is 3.00 bits per heavy atom. The normalized spacial score (nSPS) is 15.1. The number of aryl methyl sites for hydroxylation is 2. The third-order valence-electron chi connectivity index (χ3n) is 3.49. The minimum Gasteiger partial charge on any atom is -0.365 e. The fourth-order valence-corrected chi connectivity index (χ4v) is 3.15. The first-order chi connectivity index (χ1) is 10.5. The number of carbonyl (C=O) groups excluding carboxylic acids is 1. The van der Waals surface area contributed by atoms with Gasteiger partial charge in [-0.2, -0.15) is 0 Å². The van der Waals surface area contributed by atoms with Crippen molar-refractivity contribution in [3.8, 4) is 0 Å². The smallest absolute Gasteiger partial charge is 0.234 e. The first kappa shape index (κ1) is 14.8. The molecule has 2 aromatic rings. The highest BCUT2D eigenvalue weighted by Crippen LogP contribution is 2.34. The maximum atomic E-state index is 11.6. The molecule has 1 amide bonds. The van der Waals surface area contributed by atoms with Crippen molar-refractivity contribution >= 4 is 29.2 Å². The molecule has 3 rings (SSSR count). The number of nitrogens with zero attached hydrogens (tertiary/aromatic N) is 3. The van der Waals surface area contributed by atoms with E-state index >= 15 is 0 Å². The van der Waals surface area contributed by atoms with Crippen molar-refractivity contribution in [3.63, 3.8) is 0 Å². The summed E-state index contributed by atoms with van der Waals surface area (Å²) in [6.07, 6.45) is 2.27. The van der Waals surface area contributed by atoms with E-state index in [9.17, 15) is 4.79 Å². The van der Waals surface area contributed by atoms with E-state index in [0.29, 0.717) is 17.3 Å². The molecule has 0 radical (unpaired) electrons. The minimum atomic E-state index is -0.0336. The molecular weight excluding hydrogens is 302 g/mol. The largest absolute Gasteiger partial charge is 0.365 e. The second-order valence-corrected chi connectivity index (χ2v) is 6.26. The van der Waals surface area contributed by atoms with Gasteiger partial charge < -0.3 is 15.2 Å². The zero-order chi connectivity index (χ0) is 15.7. The summed E-state index contributed by atoms with van der Waals surface area (Å²) in [7, 11) is 0. The van der Waals surface area contributed by atoms with Gasteiger partial charge in [0.05, 0.1) is 11.4 Å². The van der Waals surface area contributed by atoms with Crippen LogP contribution in [-0.2, 0) is 11.2 Å². The number of hydrogen-bond acceptors (Lipinski definition) is 7. The van der Waals surface area contributed by atoms with Crippen LogP contribution in [0.15, 0.2) is 15.9 Å². The first-order valence-electron chi connectivity index (χ1n) is 7.00. The van der Waals surface area contributed by atoms with Gasteiger partial charge in [-0.3, -0.25) is 4.79 Å². The Balaban J connectivity index is 1.77. The number of hydrogen-bond donors (Lipinski definition) is 2. The van der Waals surface area contributed by atoms with Crippen LogP contribution in [0.2, 0.25) is 0 Å². The summed E-state index contributed by atoms with van der Waals surface area (Å²) in [5, 5.41) is 10.9. The third-order valence-corrected chi connectivity index (χ3v) is 4.48. The maximum Gasteiger partial charge on any atom is 0.234 e. The van der Waals surface area contributed by atoms with Gasteiger partial charge in [-0.05, 0) is 27.2 Å². The van der Waals surface area contributed by atoms with E-state index in [-0.39, 0.29) is 11.9 Å². The van der Waals surface area contributed by atoms with Crippen LogP contribution in [0.4, 0.5) is 11.5 Å². The molecular formula is C14H17N5O2S. The number of nitrogens with one attached hydrogen (secondary N) is 2. The Labute approximate surface area is 132 Å². The molecule has 1 unspecified atom stereocenters. The number of carbonyl (C=O) groups is 1. The zero-order valence-corrected chi connectivity index (χ0v) is 13.5. The number of rotatable bonds is 4. The van der Waals surface area contributed by atoms with Crippen LogP contribution in [-0.4, -0.2) is 32.8 Å². The first-order valence-corrected chi connectivity index (χ1v) is 7.99. The lowest BCUT2D eigenvalue weighted by Crippen LogP contribution is -2.24. The average Bonchev–Trinajstić information content (AvgIpc) is 2.80.